The quantitative estimate of drug-likeness (QED) is 0.535. The summed E-state index contributed by atoms with van der Waals surface area (Å²) in [5.41, 5.74) is 9.81. The molecule has 160 valence electrons. The summed E-state index contributed by atoms with van der Waals surface area (Å²) in [4.78, 5) is 7.30. The summed E-state index contributed by atoms with van der Waals surface area (Å²) in [7, 11) is 0. The van der Waals surface area contributed by atoms with E-state index in [-0.39, 0.29) is 11.6 Å². The zero-order valence-corrected chi connectivity index (χ0v) is 18.2. The number of likely N-dealkylation sites (tertiary alicyclic amines) is 1. The van der Waals surface area contributed by atoms with Crippen LogP contribution >= 0.6 is 0 Å². The lowest BCUT2D eigenvalue weighted by Gasteiger charge is -2.19. The van der Waals surface area contributed by atoms with Crippen LogP contribution in [0.15, 0.2) is 48.7 Å². The molecule has 1 atom stereocenters. The zero-order chi connectivity index (χ0) is 21.6. The van der Waals surface area contributed by atoms with Crippen LogP contribution in [0.1, 0.15) is 32.8 Å². The molecule has 4 aromatic rings. The molecule has 0 amide bonds. The summed E-state index contributed by atoms with van der Waals surface area (Å²) in [6.07, 6.45) is 3.21. The highest BCUT2D eigenvalue weighted by Gasteiger charge is 2.29. The van der Waals surface area contributed by atoms with Crippen molar-refractivity contribution in [3.63, 3.8) is 0 Å². The van der Waals surface area contributed by atoms with Gasteiger partial charge in [-0.05, 0) is 51.0 Å². The summed E-state index contributed by atoms with van der Waals surface area (Å²) < 4.78 is 8.00. The number of ether oxygens (including phenoxy) is 1. The Morgan fingerprint density at radius 3 is 2.77 bits per heavy atom. The number of hydrogen-bond donors (Lipinski definition) is 1. The van der Waals surface area contributed by atoms with Crippen LogP contribution in [0.25, 0.3) is 28.1 Å². The van der Waals surface area contributed by atoms with Gasteiger partial charge in [0.1, 0.15) is 17.0 Å². The highest BCUT2D eigenvalue weighted by atomic mass is 16.5. The fourth-order valence-corrected chi connectivity index (χ4v) is 4.27. The molecule has 0 spiro atoms. The topological polar surface area (TPSA) is 81.6 Å². The molecular weight excluding hydrogens is 388 g/mol. The van der Waals surface area contributed by atoms with E-state index in [0.29, 0.717) is 0 Å². The van der Waals surface area contributed by atoms with Crippen molar-refractivity contribution in [3.05, 3.63) is 54.2 Å². The Labute approximate surface area is 181 Å². The minimum atomic E-state index is -0.101. The molecule has 0 aliphatic carbocycles. The first kappa shape index (κ1) is 19.9. The Morgan fingerprint density at radius 2 is 2.00 bits per heavy atom. The van der Waals surface area contributed by atoms with Gasteiger partial charge in [-0.15, -0.1) is 10.2 Å². The van der Waals surface area contributed by atoms with Crippen molar-refractivity contribution in [2.45, 2.75) is 45.4 Å². The highest BCUT2D eigenvalue weighted by Crippen LogP contribution is 2.28. The van der Waals surface area contributed by atoms with Crippen molar-refractivity contribution in [1.29, 1.82) is 0 Å². The number of nitrogens with zero attached hydrogens (tertiary/aromatic N) is 5. The van der Waals surface area contributed by atoms with E-state index < -0.39 is 0 Å². The monoisotopic (exact) mass is 416 g/mol. The average molecular weight is 417 g/mol. The van der Waals surface area contributed by atoms with Gasteiger partial charge in [-0.25, -0.2) is 4.98 Å². The van der Waals surface area contributed by atoms with E-state index in [2.05, 4.69) is 40.4 Å². The van der Waals surface area contributed by atoms with Crippen LogP contribution < -0.4 is 10.5 Å². The molecule has 5 rings (SSSR count). The van der Waals surface area contributed by atoms with Gasteiger partial charge in [0.05, 0.1) is 6.10 Å². The Kier molecular flexibility index (Phi) is 4.87. The third kappa shape index (κ3) is 3.98. The first-order valence-corrected chi connectivity index (χ1v) is 10.8. The average Bonchev–Trinajstić information content (AvgIpc) is 3.30. The second kappa shape index (κ2) is 7.59. The van der Waals surface area contributed by atoms with Crippen molar-refractivity contribution in [2.24, 2.45) is 5.73 Å². The smallest absolute Gasteiger partial charge is 0.187 e. The number of benzene rings is 1. The maximum absolute atomic E-state index is 6.30. The van der Waals surface area contributed by atoms with E-state index in [0.717, 1.165) is 59.9 Å². The van der Waals surface area contributed by atoms with Crippen molar-refractivity contribution in [3.8, 4) is 17.3 Å². The molecule has 7 nitrogen and oxygen atoms in total. The lowest BCUT2D eigenvalue weighted by atomic mass is 10.0. The van der Waals surface area contributed by atoms with E-state index in [9.17, 15) is 0 Å². The summed E-state index contributed by atoms with van der Waals surface area (Å²) >= 11 is 0. The van der Waals surface area contributed by atoms with Gasteiger partial charge in [0.2, 0.25) is 0 Å². The molecule has 1 aliphatic rings. The fourth-order valence-electron chi connectivity index (χ4n) is 4.27. The van der Waals surface area contributed by atoms with E-state index >= 15 is 0 Å². The van der Waals surface area contributed by atoms with Gasteiger partial charge in [-0.3, -0.25) is 9.30 Å². The van der Waals surface area contributed by atoms with Crippen LogP contribution in [-0.4, -0.2) is 49.2 Å². The summed E-state index contributed by atoms with van der Waals surface area (Å²) in [6, 6.07) is 14.2. The first-order chi connectivity index (χ1) is 14.9. The molecule has 4 heterocycles. The number of para-hydroxylation sites is 1. The summed E-state index contributed by atoms with van der Waals surface area (Å²) in [6.45, 7) is 8.94. The minimum absolute atomic E-state index is 0.0773. The molecule has 1 unspecified atom stereocenters. The summed E-state index contributed by atoms with van der Waals surface area (Å²) in [5.74, 6) is 1.51. The van der Waals surface area contributed by atoms with Crippen LogP contribution in [0.5, 0.6) is 5.75 Å². The summed E-state index contributed by atoms with van der Waals surface area (Å²) in [5, 5.41) is 9.82. The molecule has 0 radical (unpaired) electrons. The van der Waals surface area contributed by atoms with Crippen LogP contribution in [0.4, 0.5) is 0 Å². The van der Waals surface area contributed by atoms with Gasteiger partial charge in [0.15, 0.2) is 11.5 Å². The van der Waals surface area contributed by atoms with Crippen LogP contribution in [-0.2, 0) is 6.54 Å². The zero-order valence-electron chi connectivity index (χ0n) is 18.2. The van der Waals surface area contributed by atoms with Gasteiger partial charge < -0.3 is 10.5 Å². The standard InChI is InChI=1S/C24H28N6O/c1-16(2)31-20-6-4-5-18-8-9-19(26-22(18)20)23-28-27-21-10-7-17(14-30(21)23)13-29-12-11-24(3,25)15-29/h4-10,14,16H,11-13,15,25H2,1-3H3. The van der Waals surface area contributed by atoms with Crippen LogP contribution in [0.2, 0.25) is 0 Å². The van der Waals surface area contributed by atoms with Gasteiger partial charge >= 0.3 is 0 Å². The van der Waals surface area contributed by atoms with Crippen molar-refractivity contribution in [1.82, 2.24) is 24.5 Å². The Bertz CT molecular complexity index is 1250. The van der Waals surface area contributed by atoms with Crippen molar-refractivity contribution < 1.29 is 4.74 Å². The number of aromatic nitrogens is 4. The van der Waals surface area contributed by atoms with Gasteiger partial charge in [0, 0.05) is 36.8 Å². The van der Waals surface area contributed by atoms with E-state index in [1.54, 1.807) is 0 Å². The van der Waals surface area contributed by atoms with Gasteiger partial charge in [-0.1, -0.05) is 24.3 Å². The predicted molar refractivity (Wildman–Crippen MR) is 122 cm³/mol. The molecule has 3 aromatic heterocycles. The molecular formula is C24H28N6O. The Morgan fingerprint density at radius 1 is 1.13 bits per heavy atom. The molecule has 2 N–H and O–H groups in total. The largest absolute Gasteiger partial charge is 0.489 e. The Balaban J connectivity index is 1.52. The van der Waals surface area contributed by atoms with Crippen LogP contribution in [0.3, 0.4) is 0 Å². The second-order valence-corrected chi connectivity index (χ2v) is 9.09. The fraction of sp³-hybridized carbons (Fsp3) is 0.375. The molecule has 0 saturated carbocycles. The number of hydrogen-bond acceptors (Lipinski definition) is 6. The third-order valence-corrected chi connectivity index (χ3v) is 5.73. The predicted octanol–water partition coefficient (Wildman–Crippen LogP) is 3.65. The second-order valence-electron chi connectivity index (χ2n) is 9.09. The highest BCUT2D eigenvalue weighted by molar-refractivity contribution is 5.86. The Hall–Kier alpha value is -3.03. The van der Waals surface area contributed by atoms with E-state index in [1.165, 1.54) is 5.56 Å². The molecule has 1 aromatic carbocycles. The molecule has 31 heavy (non-hydrogen) atoms. The van der Waals surface area contributed by atoms with Gasteiger partial charge in [-0.2, -0.15) is 0 Å². The third-order valence-electron chi connectivity index (χ3n) is 5.73. The lowest BCUT2D eigenvalue weighted by molar-refractivity contribution is 0.245. The molecule has 0 bridgehead atoms. The van der Waals surface area contributed by atoms with E-state index in [4.69, 9.17) is 15.5 Å². The van der Waals surface area contributed by atoms with Crippen molar-refractivity contribution in [2.75, 3.05) is 13.1 Å². The lowest BCUT2D eigenvalue weighted by Crippen LogP contribution is -2.38. The first-order valence-electron chi connectivity index (χ1n) is 10.8. The molecule has 1 aliphatic heterocycles. The van der Waals surface area contributed by atoms with Gasteiger partial charge in [0.25, 0.3) is 0 Å². The maximum Gasteiger partial charge on any atom is 0.187 e. The SMILES string of the molecule is CC(C)Oc1cccc2ccc(-c3nnc4ccc(CN5CCC(C)(N)C5)cn34)nc12. The van der Waals surface area contributed by atoms with E-state index in [1.807, 2.05) is 48.6 Å². The maximum atomic E-state index is 6.30. The molecule has 1 saturated heterocycles. The van der Waals surface area contributed by atoms with Crippen LogP contribution in [0, 0.1) is 0 Å². The molecule has 1 fully saturated rings. The minimum Gasteiger partial charge on any atom is -0.489 e. The number of nitrogens with two attached hydrogens (primary N) is 1. The van der Waals surface area contributed by atoms with Crippen molar-refractivity contribution >= 4 is 16.6 Å². The molecule has 7 heteroatoms. The number of fused-ring (bicyclic) bond motifs is 2. The number of rotatable bonds is 5. The number of pyridine rings is 2. The normalized spacial score (nSPS) is 19.6.